The van der Waals surface area contributed by atoms with Crippen molar-refractivity contribution < 1.29 is 14.7 Å². The summed E-state index contributed by atoms with van der Waals surface area (Å²) in [5.74, 6) is -0.882. The van der Waals surface area contributed by atoms with E-state index in [9.17, 15) is 4.79 Å². The van der Waals surface area contributed by atoms with E-state index < -0.39 is 5.97 Å². The van der Waals surface area contributed by atoms with Crippen LogP contribution in [0.1, 0.15) is 25.3 Å². The van der Waals surface area contributed by atoms with Crippen LogP contribution in [0.5, 0.6) is 0 Å². The fourth-order valence-electron chi connectivity index (χ4n) is 1.21. The van der Waals surface area contributed by atoms with Crippen molar-refractivity contribution in [2.45, 2.75) is 19.8 Å². The molecule has 0 spiro atoms. The Hall–Kier alpha value is -1.84. The molecule has 1 rings (SSSR count). The van der Waals surface area contributed by atoms with Gasteiger partial charge >= 0.3 is 5.97 Å². The molecule has 4 heteroatoms. The summed E-state index contributed by atoms with van der Waals surface area (Å²) in [6.45, 7) is 2.08. The van der Waals surface area contributed by atoms with E-state index >= 15 is 0 Å². The first-order valence-electron chi connectivity index (χ1n) is 5.20. The van der Waals surface area contributed by atoms with E-state index in [0.717, 1.165) is 17.7 Å². The van der Waals surface area contributed by atoms with Crippen molar-refractivity contribution in [2.75, 3.05) is 6.61 Å². The zero-order valence-electron chi connectivity index (χ0n) is 9.22. The van der Waals surface area contributed by atoms with Gasteiger partial charge in [-0.15, -0.1) is 0 Å². The lowest BCUT2D eigenvalue weighted by Crippen LogP contribution is -2.03. The first-order chi connectivity index (χ1) is 7.74. The van der Waals surface area contributed by atoms with Crippen LogP contribution in [0.3, 0.4) is 0 Å². The minimum absolute atomic E-state index is 0.0325. The Kier molecular flexibility index (Phi) is 5.05. The molecule has 0 atom stereocenters. The van der Waals surface area contributed by atoms with Crippen molar-refractivity contribution in [3.63, 3.8) is 0 Å². The average Bonchev–Trinajstić information content (AvgIpc) is 2.30. The van der Waals surface area contributed by atoms with E-state index in [2.05, 4.69) is 5.16 Å². The van der Waals surface area contributed by atoms with Crippen molar-refractivity contribution >= 4 is 11.7 Å². The number of hydrogen-bond acceptors (Lipinski definition) is 3. The quantitative estimate of drug-likeness (QED) is 0.455. The Balaban J connectivity index is 2.54. The molecule has 1 aromatic rings. The highest BCUT2D eigenvalue weighted by Gasteiger charge is 2.01. The summed E-state index contributed by atoms with van der Waals surface area (Å²) in [6.07, 6.45) is 0.715. The van der Waals surface area contributed by atoms with Gasteiger partial charge in [0, 0.05) is 0 Å². The lowest BCUT2D eigenvalue weighted by atomic mass is 10.1. The van der Waals surface area contributed by atoms with Crippen molar-refractivity contribution in [1.82, 2.24) is 0 Å². The fourth-order valence-corrected chi connectivity index (χ4v) is 1.21. The summed E-state index contributed by atoms with van der Waals surface area (Å²) < 4.78 is 0. The number of carboxylic acid groups (broad SMARTS) is 1. The van der Waals surface area contributed by atoms with Crippen LogP contribution in [0.25, 0.3) is 0 Å². The molecule has 0 unspecified atom stereocenters. The maximum atomic E-state index is 10.3. The molecule has 0 amide bonds. The molecule has 0 heterocycles. The minimum Gasteiger partial charge on any atom is -0.481 e. The number of nitrogens with zero attached hydrogens (tertiary/aromatic N) is 1. The Morgan fingerprint density at radius 2 is 2.06 bits per heavy atom. The molecule has 86 valence electrons. The van der Waals surface area contributed by atoms with Crippen LogP contribution in [0, 0.1) is 0 Å². The number of hydrogen-bond donors (Lipinski definition) is 1. The molecular formula is C12H15NO3. The van der Waals surface area contributed by atoms with Gasteiger partial charge in [0.2, 0.25) is 0 Å². The van der Waals surface area contributed by atoms with Gasteiger partial charge in [-0.1, -0.05) is 42.4 Å². The Bertz CT molecular complexity index is 360. The van der Waals surface area contributed by atoms with Gasteiger partial charge in [0.1, 0.15) is 6.61 Å². The molecule has 0 bridgehead atoms. The second-order valence-corrected chi connectivity index (χ2v) is 3.23. The van der Waals surface area contributed by atoms with Crippen molar-refractivity contribution in [3.05, 3.63) is 35.9 Å². The summed E-state index contributed by atoms with van der Waals surface area (Å²) in [4.78, 5) is 15.2. The maximum Gasteiger partial charge on any atom is 0.306 e. The van der Waals surface area contributed by atoms with Crippen LogP contribution in [0.4, 0.5) is 0 Å². The third kappa shape index (κ3) is 4.13. The molecule has 0 radical (unpaired) electrons. The van der Waals surface area contributed by atoms with E-state index in [-0.39, 0.29) is 13.0 Å². The van der Waals surface area contributed by atoms with Crippen LogP contribution in [-0.4, -0.2) is 23.4 Å². The molecule has 4 nitrogen and oxygen atoms in total. The van der Waals surface area contributed by atoms with Gasteiger partial charge in [0.25, 0.3) is 0 Å². The van der Waals surface area contributed by atoms with Gasteiger partial charge in [-0.05, 0) is 12.0 Å². The monoisotopic (exact) mass is 221 g/mol. The SMILES string of the molecule is CC/C(=N\OCCC(=O)O)c1ccccc1. The van der Waals surface area contributed by atoms with Gasteiger partial charge in [-0.25, -0.2) is 0 Å². The first-order valence-corrected chi connectivity index (χ1v) is 5.20. The summed E-state index contributed by atoms with van der Waals surface area (Å²) >= 11 is 0. The largest absolute Gasteiger partial charge is 0.481 e. The molecule has 1 aromatic carbocycles. The third-order valence-corrected chi connectivity index (χ3v) is 2.02. The first kappa shape index (κ1) is 12.2. The second kappa shape index (κ2) is 6.61. The molecule has 0 aliphatic carbocycles. The topological polar surface area (TPSA) is 58.9 Å². The highest BCUT2D eigenvalue weighted by molar-refractivity contribution is 5.99. The molecule has 0 aliphatic rings. The van der Waals surface area contributed by atoms with Gasteiger partial charge in [0.15, 0.2) is 0 Å². The predicted molar refractivity (Wildman–Crippen MR) is 61.5 cm³/mol. The average molecular weight is 221 g/mol. The summed E-state index contributed by atoms with van der Waals surface area (Å²) in [5.41, 5.74) is 1.83. The maximum absolute atomic E-state index is 10.3. The lowest BCUT2D eigenvalue weighted by molar-refractivity contribution is -0.138. The molecule has 0 fully saturated rings. The number of oxime groups is 1. The molecule has 0 aliphatic heterocycles. The van der Waals surface area contributed by atoms with E-state index in [1.165, 1.54) is 0 Å². The third-order valence-electron chi connectivity index (χ3n) is 2.02. The van der Waals surface area contributed by atoms with Crippen LogP contribution < -0.4 is 0 Å². The Morgan fingerprint density at radius 1 is 1.38 bits per heavy atom. The highest BCUT2D eigenvalue weighted by Crippen LogP contribution is 2.04. The normalized spacial score (nSPS) is 11.2. The molecule has 0 saturated heterocycles. The minimum atomic E-state index is -0.882. The van der Waals surface area contributed by atoms with Crippen LogP contribution >= 0.6 is 0 Å². The smallest absolute Gasteiger partial charge is 0.306 e. The highest BCUT2D eigenvalue weighted by atomic mass is 16.6. The molecule has 16 heavy (non-hydrogen) atoms. The number of aliphatic carboxylic acids is 1. The number of benzene rings is 1. The van der Waals surface area contributed by atoms with E-state index in [4.69, 9.17) is 9.94 Å². The second-order valence-electron chi connectivity index (χ2n) is 3.23. The number of carboxylic acids is 1. The van der Waals surface area contributed by atoms with Crippen LogP contribution in [0.15, 0.2) is 35.5 Å². The predicted octanol–water partition coefficient (Wildman–Crippen LogP) is 2.29. The van der Waals surface area contributed by atoms with Gasteiger partial charge in [0.05, 0.1) is 12.1 Å². The molecule has 1 N–H and O–H groups in total. The zero-order chi connectivity index (χ0) is 11.8. The van der Waals surface area contributed by atoms with Crippen LogP contribution in [-0.2, 0) is 9.63 Å². The molecule has 0 saturated carbocycles. The summed E-state index contributed by atoms with van der Waals surface area (Å²) in [6, 6.07) is 9.68. The van der Waals surface area contributed by atoms with E-state index in [1.54, 1.807) is 0 Å². The fraction of sp³-hybridized carbons (Fsp3) is 0.333. The van der Waals surface area contributed by atoms with Gasteiger partial charge in [-0.3, -0.25) is 4.79 Å². The van der Waals surface area contributed by atoms with E-state index in [1.807, 2.05) is 37.3 Å². The Morgan fingerprint density at radius 3 is 2.62 bits per heavy atom. The van der Waals surface area contributed by atoms with Crippen molar-refractivity contribution in [2.24, 2.45) is 5.16 Å². The van der Waals surface area contributed by atoms with Crippen LogP contribution in [0.2, 0.25) is 0 Å². The van der Waals surface area contributed by atoms with Crippen molar-refractivity contribution in [3.8, 4) is 0 Å². The van der Waals surface area contributed by atoms with Gasteiger partial charge < -0.3 is 9.94 Å². The molecular weight excluding hydrogens is 206 g/mol. The number of rotatable bonds is 6. The zero-order valence-corrected chi connectivity index (χ0v) is 9.22. The lowest BCUT2D eigenvalue weighted by Gasteiger charge is -2.03. The Labute approximate surface area is 94.5 Å². The van der Waals surface area contributed by atoms with Gasteiger partial charge in [-0.2, -0.15) is 0 Å². The number of carbonyl (C=O) groups is 1. The van der Waals surface area contributed by atoms with E-state index in [0.29, 0.717) is 0 Å². The standard InChI is InChI=1S/C12H15NO3/c1-2-11(10-6-4-3-5-7-10)13-16-9-8-12(14)15/h3-7H,2,8-9H2,1H3,(H,14,15)/b13-11+. The molecule has 0 aromatic heterocycles. The van der Waals surface area contributed by atoms with Crippen molar-refractivity contribution in [1.29, 1.82) is 0 Å². The summed E-state index contributed by atoms with van der Waals surface area (Å²) in [5, 5.41) is 12.4. The summed E-state index contributed by atoms with van der Waals surface area (Å²) in [7, 11) is 0.